The van der Waals surface area contributed by atoms with Gasteiger partial charge in [0.25, 0.3) is 0 Å². The highest BCUT2D eigenvalue weighted by Crippen LogP contribution is 2.45. The van der Waals surface area contributed by atoms with Gasteiger partial charge in [-0.1, -0.05) is 23.7 Å². The molecule has 27 heavy (non-hydrogen) atoms. The number of nitrogens with zero attached hydrogens (tertiary/aromatic N) is 2. The average molecular weight is 386 g/mol. The van der Waals surface area contributed by atoms with Gasteiger partial charge in [0.2, 0.25) is 0 Å². The fraction of sp³-hybridized carbons (Fsp3) is 0.381. The van der Waals surface area contributed by atoms with Crippen LogP contribution in [0.15, 0.2) is 48.5 Å². The number of methoxy groups -OCH3 is 1. The van der Waals surface area contributed by atoms with Crippen LogP contribution in [0.4, 0.5) is 10.5 Å². The van der Waals surface area contributed by atoms with E-state index in [1.165, 1.54) is 0 Å². The van der Waals surface area contributed by atoms with Crippen LogP contribution in [-0.4, -0.2) is 44.2 Å². The summed E-state index contributed by atoms with van der Waals surface area (Å²) in [6, 6.07) is 15.9. The van der Waals surface area contributed by atoms with Gasteiger partial charge in [0, 0.05) is 36.9 Å². The standard InChI is InChI=1S/C21H24ClN3O2/c1-27-19-8-6-18(7-9-19)24-12-14-25(15-13-24)20(26)23-21(10-11-21)16-2-4-17(22)5-3-16/h2-9H,10-15H2,1H3,(H,23,26). The lowest BCUT2D eigenvalue weighted by molar-refractivity contribution is 0.189. The molecule has 0 spiro atoms. The maximum atomic E-state index is 12.8. The topological polar surface area (TPSA) is 44.8 Å². The summed E-state index contributed by atoms with van der Waals surface area (Å²) in [6.07, 6.45) is 1.96. The van der Waals surface area contributed by atoms with Crippen molar-refractivity contribution in [2.24, 2.45) is 0 Å². The van der Waals surface area contributed by atoms with E-state index in [2.05, 4.69) is 22.3 Å². The number of rotatable bonds is 4. The Hall–Kier alpha value is -2.40. The molecule has 0 aromatic heterocycles. The number of benzene rings is 2. The Morgan fingerprint density at radius 1 is 1.00 bits per heavy atom. The third kappa shape index (κ3) is 3.83. The molecule has 1 N–H and O–H groups in total. The molecule has 1 aliphatic carbocycles. The quantitative estimate of drug-likeness (QED) is 0.868. The highest BCUT2D eigenvalue weighted by atomic mass is 35.5. The first kappa shape index (κ1) is 18.0. The minimum atomic E-state index is -0.214. The second-order valence-corrected chi connectivity index (χ2v) is 7.63. The van der Waals surface area contributed by atoms with E-state index in [0.717, 1.165) is 48.0 Å². The zero-order chi connectivity index (χ0) is 18.9. The second kappa shape index (κ2) is 7.31. The van der Waals surface area contributed by atoms with Crippen LogP contribution in [0.2, 0.25) is 5.02 Å². The number of carbonyl (C=O) groups is 1. The number of piperazine rings is 1. The van der Waals surface area contributed by atoms with Crippen molar-refractivity contribution in [3.05, 3.63) is 59.1 Å². The molecule has 0 unspecified atom stereocenters. The average Bonchev–Trinajstić information content (AvgIpc) is 3.49. The number of ether oxygens (including phenoxy) is 1. The number of hydrogen-bond donors (Lipinski definition) is 1. The van der Waals surface area contributed by atoms with Crippen molar-refractivity contribution >= 4 is 23.3 Å². The van der Waals surface area contributed by atoms with Crippen molar-refractivity contribution in [3.8, 4) is 5.75 Å². The van der Waals surface area contributed by atoms with Gasteiger partial charge in [-0.15, -0.1) is 0 Å². The third-order valence-electron chi connectivity index (χ3n) is 5.50. The Bertz CT molecular complexity index is 795. The highest BCUT2D eigenvalue weighted by Gasteiger charge is 2.46. The molecule has 6 heteroatoms. The zero-order valence-electron chi connectivity index (χ0n) is 15.5. The largest absolute Gasteiger partial charge is 0.497 e. The van der Waals surface area contributed by atoms with Crippen LogP contribution < -0.4 is 15.0 Å². The molecular weight excluding hydrogens is 362 g/mol. The van der Waals surface area contributed by atoms with E-state index in [0.29, 0.717) is 13.1 Å². The smallest absolute Gasteiger partial charge is 0.318 e. The van der Waals surface area contributed by atoms with Gasteiger partial charge >= 0.3 is 6.03 Å². The van der Waals surface area contributed by atoms with Crippen LogP contribution in [0.5, 0.6) is 5.75 Å². The van der Waals surface area contributed by atoms with E-state index in [9.17, 15) is 4.79 Å². The number of carbonyl (C=O) groups excluding carboxylic acids is 1. The van der Waals surface area contributed by atoms with E-state index in [-0.39, 0.29) is 11.6 Å². The van der Waals surface area contributed by atoms with E-state index in [4.69, 9.17) is 16.3 Å². The van der Waals surface area contributed by atoms with Gasteiger partial charge in [-0.05, 0) is 54.8 Å². The van der Waals surface area contributed by atoms with Crippen molar-refractivity contribution in [1.82, 2.24) is 10.2 Å². The van der Waals surface area contributed by atoms with E-state index >= 15 is 0 Å². The summed E-state index contributed by atoms with van der Waals surface area (Å²) in [6.45, 7) is 3.09. The van der Waals surface area contributed by atoms with Crippen LogP contribution >= 0.6 is 11.6 Å². The lowest BCUT2D eigenvalue weighted by atomic mass is 10.1. The Labute approximate surface area is 164 Å². The molecule has 2 aliphatic rings. The normalized spacial score (nSPS) is 18.1. The van der Waals surface area contributed by atoms with Gasteiger partial charge in [-0.2, -0.15) is 0 Å². The molecule has 1 heterocycles. The van der Waals surface area contributed by atoms with E-state index in [1.807, 2.05) is 41.3 Å². The summed E-state index contributed by atoms with van der Waals surface area (Å²) in [4.78, 5) is 17.0. The summed E-state index contributed by atoms with van der Waals surface area (Å²) < 4.78 is 5.21. The van der Waals surface area contributed by atoms with Crippen LogP contribution in [0, 0.1) is 0 Å². The van der Waals surface area contributed by atoms with Crippen molar-refractivity contribution in [1.29, 1.82) is 0 Å². The number of anilines is 1. The molecule has 0 radical (unpaired) electrons. The van der Waals surface area contributed by atoms with Crippen molar-refractivity contribution in [2.45, 2.75) is 18.4 Å². The number of amides is 2. The fourth-order valence-electron chi connectivity index (χ4n) is 3.62. The number of nitrogens with one attached hydrogen (secondary N) is 1. The molecule has 4 rings (SSSR count). The first-order chi connectivity index (χ1) is 13.1. The second-order valence-electron chi connectivity index (χ2n) is 7.19. The van der Waals surface area contributed by atoms with Gasteiger partial charge in [-0.25, -0.2) is 4.79 Å². The zero-order valence-corrected chi connectivity index (χ0v) is 16.2. The molecule has 5 nitrogen and oxygen atoms in total. The molecule has 1 aliphatic heterocycles. The van der Waals surface area contributed by atoms with Gasteiger partial charge in [0.1, 0.15) is 5.75 Å². The van der Waals surface area contributed by atoms with Gasteiger partial charge in [-0.3, -0.25) is 0 Å². The fourth-order valence-corrected chi connectivity index (χ4v) is 3.75. The first-order valence-corrected chi connectivity index (χ1v) is 9.70. The van der Waals surface area contributed by atoms with Crippen LogP contribution in [-0.2, 0) is 5.54 Å². The summed E-state index contributed by atoms with van der Waals surface area (Å²) >= 11 is 5.98. The highest BCUT2D eigenvalue weighted by molar-refractivity contribution is 6.30. The maximum Gasteiger partial charge on any atom is 0.318 e. The Kier molecular flexibility index (Phi) is 4.87. The number of hydrogen-bond acceptors (Lipinski definition) is 3. The molecule has 2 aromatic rings. The van der Waals surface area contributed by atoms with E-state index < -0.39 is 0 Å². The van der Waals surface area contributed by atoms with Crippen molar-refractivity contribution in [3.63, 3.8) is 0 Å². The predicted octanol–water partition coefficient (Wildman–Crippen LogP) is 3.87. The number of halogens is 1. The van der Waals surface area contributed by atoms with Crippen LogP contribution in [0.1, 0.15) is 18.4 Å². The summed E-state index contributed by atoms with van der Waals surface area (Å²) in [5, 5.41) is 3.97. The summed E-state index contributed by atoms with van der Waals surface area (Å²) in [7, 11) is 1.67. The maximum absolute atomic E-state index is 12.8. The Morgan fingerprint density at radius 3 is 2.19 bits per heavy atom. The van der Waals surface area contributed by atoms with Gasteiger partial charge in [0.05, 0.1) is 12.6 Å². The lowest BCUT2D eigenvalue weighted by Crippen LogP contribution is -2.53. The first-order valence-electron chi connectivity index (χ1n) is 9.32. The minimum absolute atomic E-state index is 0.0248. The van der Waals surface area contributed by atoms with Crippen molar-refractivity contribution < 1.29 is 9.53 Å². The molecule has 0 atom stereocenters. The molecule has 1 saturated heterocycles. The SMILES string of the molecule is COc1ccc(N2CCN(C(=O)NC3(c4ccc(Cl)cc4)CC3)CC2)cc1. The van der Waals surface area contributed by atoms with Crippen LogP contribution in [0.25, 0.3) is 0 Å². The van der Waals surface area contributed by atoms with Crippen LogP contribution in [0.3, 0.4) is 0 Å². The van der Waals surface area contributed by atoms with Crippen molar-refractivity contribution in [2.75, 3.05) is 38.2 Å². The monoisotopic (exact) mass is 385 g/mol. The number of urea groups is 1. The molecular formula is C21H24ClN3O2. The molecule has 142 valence electrons. The molecule has 1 saturated carbocycles. The van der Waals surface area contributed by atoms with Gasteiger partial charge < -0.3 is 19.9 Å². The molecule has 2 fully saturated rings. The van der Waals surface area contributed by atoms with Gasteiger partial charge in [0.15, 0.2) is 0 Å². The lowest BCUT2D eigenvalue weighted by Gasteiger charge is -2.37. The minimum Gasteiger partial charge on any atom is -0.497 e. The summed E-state index contributed by atoms with van der Waals surface area (Å²) in [5.74, 6) is 0.855. The molecule has 0 bridgehead atoms. The Balaban J connectivity index is 1.34. The predicted molar refractivity (Wildman–Crippen MR) is 108 cm³/mol. The third-order valence-corrected chi connectivity index (χ3v) is 5.75. The molecule has 2 amide bonds. The molecule has 2 aromatic carbocycles. The van der Waals surface area contributed by atoms with E-state index in [1.54, 1.807) is 7.11 Å². The summed E-state index contributed by atoms with van der Waals surface area (Å²) in [5.41, 5.74) is 2.09. The Morgan fingerprint density at radius 2 is 1.63 bits per heavy atom.